The van der Waals surface area contributed by atoms with Crippen molar-refractivity contribution >= 4 is 71.1 Å². The van der Waals surface area contributed by atoms with Crippen molar-refractivity contribution in [3.05, 3.63) is 51.4 Å². The van der Waals surface area contributed by atoms with Crippen LogP contribution in [0.4, 0.5) is 0 Å². The molecule has 1 aromatic heterocycles. The third-order valence-corrected chi connectivity index (χ3v) is 6.65. The molecule has 0 amide bonds. The van der Waals surface area contributed by atoms with Crippen LogP contribution in [0.5, 0.6) is 0 Å². The number of halogens is 2. The number of benzene rings is 2. The van der Waals surface area contributed by atoms with Gasteiger partial charge in [0.05, 0.1) is 5.69 Å². The maximum Gasteiger partial charge on any atom is 0.141 e. The summed E-state index contributed by atoms with van der Waals surface area (Å²) in [6.07, 6.45) is 0. The minimum Gasteiger partial charge on any atom is -0.358 e. The van der Waals surface area contributed by atoms with Gasteiger partial charge in [0, 0.05) is 37.8 Å². The molecule has 0 aliphatic heterocycles. The van der Waals surface area contributed by atoms with E-state index in [1.165, 1.54) is 10.3 Å². The van der Waals surface area contributed by atoms with E-state index in [1.54, 1.807) is 11.8 Å². The molecule has 0 aliphatic carbocycles. The summed E-state index contributed by atoms with van der Waals surface area (Å²) in [5.41, 5.74) is 3.38. The van der Waals surface area contributed by atoms with E-state index in [9.17, 15) is 0 Å². The Morgan fingerprint density at radius 2 is 1.68 bits per heavy atom. The number of thiocarbonyl (C=S) groups is 1. The fraction of sp³-hybridized carbons (Fsp3) is 0.211. The van der Waals surface area contributed by atoms with Crippen LogP contribution in [0.25, 0.3) is 22.2 Å². The van der Waals surface area contributed by atoms with Crippen LogP contribution in [0.3, 0.4) is 0 Å². The molecule has 1 heterocycles. The Labute approximate surface area is 174 Å². The first-order valence-corrected chi connectivity index (χ1v) is 10.9. The highest BCUT2D eigenvalue weighted by atomic mass is 79.9. The highest BCUT2D eigenvalue weighted by Crippen LogP contribution is 2.40. The van der Waals surface area contributed by atoms with Crippen molar-refractivity contribution in [1.82, 2.24) is 9.88 Å². The number of H-pyrrole nitrogens is 1. The van der Waals surface area contributed by atoms with Crippen LogP contribution in [-0.4, -0.2) is 27.3 Å². The van der Waals surface area contributed by atoms with Crippen LogP contribution in [0, 0.1) is 0 Å². The second-order valence-electron chi connectivity index (χ2n) is 5.57. The summed E-state index contributed by atoms with van der Waals surface area (Å²) < 4.78 is 3.05. The standard InChI is InChI=1S/C19H18Br2N2S2/c1-3-23(4-2)19(24)25-18-15-11-14(21)9-10-16(15)22-17(18)12-5-7-13(20)8-6-12/h5-11,22H,3-4H2,1-2H3. The number of nitrogens with one attached hydrogen (secondary N) is 1. The molecule has 0 radical (unpaired) electrons. The summed E-state index contributed by atoms with van der Waals surface area (Å²) in [4.78, 5) is 6.96. The largest absolute Gasteiger partial charge is 0.358 e. The quantitative estimate of drug-likeness (QED) is 0.307. The van der Waals surface area contributed by atoms with E-state index < -0.39 is 0 Å². The maximum atomic E-state index is 5.70. The van der Waals surface area contributed by atoms with Gasteiger partial charge in [0.15, 0.2) is 0 Å². The number of hydrogen-bond donors (Lipinski definition) is 1. The lowest BCUT2D eigenvalue weighted by molar-refractivity contribution is 0.482. The molecule has 1 N–H and O–H groups in total. The maximum absolute atomic E-state index is 5.70. The fourth-order valence-corrected chi connectivity index (χ4v) is 4.94. The average molecular weight is 498 g/mol. The smallest absolute Gasteiger partial charge is 0.141 e. The summed E-state index contributed by atoms with van der Waals surface area (Å²) in [5.74, 6) is 0. The first-order valence-electron chi connectivity index (χ1n) is 8.07. The van der Waals surface area contributed by atoms with Crippen molar-refractivity contribution in [2.45, 2.75) is 18.7 Å². The number of nitrogens with zero attached hydrogens (tertiary/aromatic N) is 1. The van der Waals surface area contributed by atoms with Gasteiger partial charge in [-0.25, -0.2) is 0 Å². The van der Waals surface area contributed by atoms with Crippen LogP contribution in [-0.2, 0) is 0 Å². The van der Waals surface area contributed by atoms with E-state index in [-0.39, 0.29) is 0 Å². The number of fused-ring (bicyclic) bond motifs is 1. The molecule has 0 bridgehead atoms. The molecule has 0 aliphatic rings. The zero-order valence-corrected chi connectivity index (χ0v) is 18.8. The Hall–Kier alpha value is -0.820. The predicted molar refractivity (Wildman–Crippen MR) is 121 cm³/mol. The molecular formula is C19H18Br2N2S2. The van der Waals surface area contributed by atoms with Crippen molar-refractivity contribution in [3.63, 3.8) is 0 Å². The average Bonchev–Trinajstić information content (AvgIpc) is 2.94. The molecule has 3 rings (SSSR count). The Kier molecular flexibility index (Phi) is 6.25. The molecule has 2 nitrogen and oxygen atoms in total. The highest BCUT2D eigenvalue weighted by molar-refractivity contribution is 9.10. The van der Waals surface area contributed by atoms with Gasteiger partial charge in [-0.2, -0.15) is 0 Å². The SMILES string of the molecule is CCN(CC)C(=S)Sc1c(-c2ccc(Br)cc2)[nH]c2ccc(Br)cc12. The van der Waals surface area contributed by atoms with E-state index in [1.807, 2.05) is 0 Å². The van der Waals surface area contributed by atoms with Gasteiger partial charge in [-0.1, -0.05) is 68.0 Å². The summed E-state index contributed by atoms with van der Waals surface area (Å²) in [6, 6.07) is 14.7. The first kappa shape index (κ1) is 19.0. The molecule has 25 heavy (non-hydrogen) atoms. The highest BCUT2D eigenvalue weighted by Gasteiger charge is 2.18. The molecule has 0 atom stereocenters. The molecule has 2 aromatic carbocycles. The molecular weight excluding hydrogens is 480 g/mol. The van der Waals surface area contributed by atoms with Crippen molar-refractivity contribution in [3.8, 4) is 11.3 Å². The molecule has 0 spiro atoms. The topological polar surface area (TPSA) is 19.0 Å². The summed E-state index contributed by atoms with van der Waals surface area (Å²) in [7, 11) is 0. The Bertz CT molecular complexity index is 900. The van der Waals surface area contributed by atoms with E-state index in [4.69, 9.17) is 12.2 Å². The van der Waals surface area contributed by atoms with E-state index in [0.29, 0.717) is 0 Å². The van der Waals surface area contributed by atoms with Crippen LogP contribution in [0.15, 0.2) is 56.3 Å². The fourth-order valence-electron chi connectivity index (χ4n) is 2.70. The van der Waals surface area contributed by atoms with Gasteiger partial charge >= 0.3 is 0 Å². The van der Waals surface area contributed by atoms with Gasteiger partial charge in [-0.05, 0) is 49.7 Å². The van der Waals surface area contributed by atoms with Gasteiger partial charge in [-0.15, -0.1) is 0 Å². The zero-order chi connectivity index (χ0) is 18.0. The van der Waals surface area contributed by atoms with Gasteiger partial charge in [0.2, 0.25) is 0 Å². The minimum atomic E-state index is 0.907. The Morgan fingerprint density at radius 1 is 1.04 bits per heavy atom. The second kappa shape index (κ2) is 8.25. The number of aromatic amines is 1. The summed E-state index contributed by atoms with van der Waals surface area (Å²) in [5, 5.41) is 1.19. The predicted octanol–water partition coefficient (Wildman–Crippen LogP) is 7.08. The normalized spacial score (nSPS) is 11.0. The second-order valence-corrected chi connectivity index (χ2v) is 9.04. The lowest BCUT2D eigenvalue weighted by Crippen LogP contribution is -2.26. The van der Waals surface area contributed by atoms with Gasteiger partial charge in [0.1, 0.15) is 4.32 Å². The summed E-state index contributed by atoms with van der Waals surface area (Å²) in [6.45, 7) is 6.11. The molecule has 0 unspecified atom stereocenters. The lowest BCUT2D eigenvalue weighted by atomic mass is 10.1. The third kappa shape index (κ3) is 4.13. The molecule has 0 saturated carbocycles. The lowest BCUT2D eigenvalue weighted by Gasteiger charge is -2.21. The van der Waals surface area contributed by atoms with Crippen molar-refractivity contribution < 1.29 is 0 Å². The molecule has 130 valence electrons. The Morgan fingerprint density at radius 3 is 2.32 bits per heavy atom. The van der Waals surface area contributed by atoms with E-state index in [0.717, 1.165) is 43.1 Å². The van der Waals surface area contributed by atoms with Crippen LogP contribution < -0.4 is 0 Å². The number of thioether (sulfide) groups is 1. The van der Waals surface area contributed by atoms with Crippen LogP contribution in [0.2, 0.25) is 0 Å². The molecule has 0 saturated heterocycles. The minimum absolute atomic E-state index is 0.907. The first-order chi connectivity index (χ1) is 12.0. The van der Waals surface area contributed by atoms with E-state index >= 15 is 0 Å². The van der Waals surface area contributed by atoms with Gasteiger partial charge < -0.3 is 9.88 Å². The van der Waals surface area contributed by atoms with Crippen LogP contribution >= 0.6 is 55.8 Å². The number of rotatable bonds is 4. The van der Waals surface area contributed by atoms with E-state index in [2.05, 4.69) is 98.1 Å². The number of aromatic nitrogens is 1. The van der Waals surface area contributed by atoms with Crippen molar-refractivity contribution in [2.24, 2.45) is 0 Å². The Balaban J connectivity index is 2.12. The van der Waals surface area contributed by atoms with Gasteiger partial charge in [0.25, 0.3) is 0 Å². The van der Waals surface area contributed by atoms with Crippen LogP contribution in [0.1, 0.15) is 13.8 Å². The molecule has 3 aromatic rings. The monoisotopic (exact) mass is 496 g/mol. The molecule has 0 fully saturated rings. The van der Waals surface area contributed by atoms with Crippen molar-refractivity contribution in [1.29, 1.82) is 0 Å². The summed E-state index contributed by atoms with van der Waals surface area (Å²) >= 11 is 14.5. The zero-order valence-electron chi connectivity index (χ0n) is 14.0. The molecule has 6 heteroatoms. The number of hydrogen-bond acceptors (Lipinski definition) is 2. The van der Waals surface area contributed by atoms with Crippen molar-refractivity contribution in [2.75, 3.05) is 13.1 Å². The third-order valence-electron chi connectivity index (χ3n) is 4.06. The van der Waals surface area contributed by atoms with Gasteiger partial charge in [-0.3, -0.25) is 0 Å².